The number of hydrogen-bond donors (Lipinski definition) is 1. The lowest BCUT2D eigenvalue weighted by molar-refractivity contribution is 0.0505. The number of esters is 1. The van der Waals surface area contributed by atoms with Crippen molar-refractivity contribution in [3.05, 3.63) is 60.2 Å². The summed E-state index contributed by atoms with van der Waals surface area (Å²) in [5.41, 5.74) is 0.845. The zero-order valence-electron chi connectivity index (χ0n) is 12.2. The third-order valence-electron chi connectivity index (χ3n) is 2.74. The molecule has 5 nitrogen and oxygen atoms in total. The summed E-state index contributed by atoms with van der Waals surface area (Å²) in [7, 11) is 0. The molecule has 0 spiro atoms. The third-order valence-corrected chi connectivity index (χ3v) is 2.74. The van der Waals surface area contributed by atoms with Gasteiger partial charge >= 0.3 is 12.1 Å². The Morgan fingerprint density at radius 2 is 1.82 bits per heavy atom. The number of anilines is 1. The number of carbonyl (C=O) groups is 2. The van der Waals surface area contributed by atoms with Crippen LogP contribution in [0.1, 0.15) is 23.7 Å². The lowest BCUT2D eigenvalue weighted by Crippen LogP contribution is -2.17. The fourth-order valence-corrected chi connectivity index (χ4v) is 1.74. The van der Waals surface area contributed by atoms with Crippen LogP contribution >= 0.6 is 0 Å². The molecule has 2 aromatic rings. The first kappa shape index (κ1) is 15.6. The van der Waals surface area contributed by atoms with Crippen LogP contribution in [0.5, 0.6) is 5.75 Å². The minimum Gasteiger partial charge on any atom is -0.462 e. The first-order valence-electron chi connectivity index (χ1n) is 7.00. The summed E-state index contributed by atoms with van der Waals surface area (Å²) >= 11 is 0. The number of hydrogen-bond acceptors (Lipinski definition) is 4. The van der Waals surface area contributed by atoms with Crippen LogP contribution in [0, 0.1) is 0 Å². The molecule has 0 fully saturated rings. The summed E-state index contributed by atoms with van der Waals surface area (Å²) < 4.78 is 10.2. The first-order chi connectivity index (χ1) is 10.7. The molecule has 2 rings (SSSR count). The standard InChI is InChI=1S/C17H17NO4/c1-2-11-21-16(19)13-7-6-8-14(12-13)18-17(20)22-15-9-4-3-5-10-15/h3-10,12H,2,11H2,1H3,(H,18,20). The molecule has 0 aliphatic rings. The summed E-state index contributed by atoms with van der Waals surface area (Å²) in [5, 5.41) is 2.57. The van der Waals surface area contributed by atoms with Gasteiger partial charge in [0.1, 0.15) is 5.75 Å². The molecule has 0 radical (unpaired) electrons. The number of rotatable bonds is 5. The molecule has 0 atom stereocenters. The van der Waals surface area contributed by atoms with E-state index in [1.165, 1.54) is 0 Å². The van der Waals surface area contributed by atoms with E-state index < -0.39 is 12.1 Å². The molecule has 1 amide bonds. The monoisotopic (exact) mass is 299 g/mol. The minimum atomic E-state index is -0.620. The second kappa shape index (κ2) is 7.83. The highest BCUT2D eigenvalue weighted by atomic mass is 16.6. The average Bonchev–Trinajstić information content (AvgIpc) is 2.53. The van der Waals surface area contributed by atoms with E-state index in [2.05, 4.69) is 5.32 Å². The predicted molar refractivity (Wildman–Crippen MR) is 83.1 cm³/mol. The molecule has 0 saturated carbocycles. The Labute approximate surface area is 128 Å². The van der Waals surface area contributed by atoms with Crippen molar-refractivity contribution < 1.29 is 19.1 Å². The zero-order valence-corrected chi connectivity index (χ0v) is 12.2. The SMILES string of the molecule is CCCOC(=O)c1cccc(NC(=O)Oc2ccccc2)c1. The van der Waals surface area contributed by atoms with Crippen LogP contribution in [0.3, 0.4) is 0 Å². The third kappa shape index (κ3) is 4.63. The van der Waals surface area contributed by atoms with Gasteiger partial charge in [-0.05, 0) is 36.8 Å². The fraction of sp³-hybridized carbons (Fsp3) is 0.176. The van der Waals surface area contributed by atoms with Crippen LogP contribution in [-0.2, 0) is 4.74 Å². The highest BCUT2D eigenvalue weighted by molar-refractivity contribution is 5.92. The molecule has 0 heterocycles. The summed E-state index contributed by atoms with van der Waals surface area (Å²) in [4.78, 5) is 23.6. The number of carbonyl (C=O) groups excluding carboxylic acids is 2. The average molecular weight is 299 g/mol. The van der Waals surface area contributed by atoms with Gasteiger partial charge in [-0.25, -0.2) is 9.59 Å². The molecule has 0 saturated heterocycles. The largest absolute Gasteiger partial charge is 0.462 e. The molecule has 0 aliphatic heterocycles. The van der Waals surface area contributed by atoms with Gasteiger partial charge in [0.25, 0.3) is 0 Å². The van der Waals surface area contributed by atoms with Crippen LogP contribution in [0.25, 0.3) is 0 Å². The fourth-order valence-electron chi connectivity index (χ4n) is 1.74. The van der Waals surface area contributed by atoms with E-state index in [-0.39, 0.29) is 0 Å². The number of amides is 1. The van der Waals surface area contributed by atoms with Crippen LogP contribution in [0.15, 0.2) is 54.6 Å². The Balaban J connectivity index is 1.98. The van der Waals surface area contributed by atoms with E-state index in [4.69, 9.17) is 9.47 Å². The van der Waals surface area contributed by atoms with Crippen molar-refractivity contribution in [2.75, 3.05) is 11.9 Å². The maximum absolute atomic E-state index is 11.8. The van der Waals surface area contributed by atoms with Gasteiger partial charge in [-0.2, -0.15) is 0 Å². The zero-order chi connectivity index (χ0) is 15.8. The highest BCUT2D eigenvalue weighted by Crippen LogP contribution is 2.14. The van der Waals surface area contributed by atoms with E-state index in [0.29, 0.717) is 23.6 Å². The summed E-state index contributed by atoms with van der Waals surface area (Å²) in [6, 6.07) is 15.2. The lowest BCUT2D eigenvalue weighted by atomic mass is 10.2. The van der Waals surface area contributed by atoms with Crippen molar-refractivity contribution in [2.24, 2.45) is 0 Å². The maximum atomic E-state index is 11.8. The second-order valence-electron chi connectivity index (χ2n) is 4.54. The van der Waals surface area contributed by atoms with Gasteiger partial charge in [0.15, 0.2) is 0 Å². The van der Waals surface area contributed by atoms with E-state index in [1.54, 1.807) is 48.5 Å². The number of ether oxygens (including phenoxy) is 2. The molecule has 0 aromatic heterocycles. The molecular formula is C17H17NO4. The van der Waals surface area contributed by atoms with Crippen molar-refractivity contribution >= 4 is 17.7 Å². The normalized spacial score (nSPS) is 9.86. The summed E-state index contributed by atoms with van der Waals surface area (Å²) in [6.07, 6.45) is 0.137. The van der Waals surface area contributed by atoms with Crippen molar-refractivity contribution in [2.45, 2.75) is 13.3 Å². The van der Waals surface area contributed by atoms with Crippen LogP contribution in [0.4, 0.5) is 10.5 Å². The van der Waals surface area contributed by atoms with Gasteiger partial charge in [-0.3, -0.25) is 5.32 Å². The van der Waals surface area contributed by atoms with Gasteiger partial charge in [0.05, 0.1) is 12.2 Å². The highest BCUT2D eigenvalue weighted by Gasteiger charge is 2.09. The summed E-state index contributed by atoms with van der Waals surface area (Å²) in [6.45, 7) is 2.29. The van der Waals surface area contributed by atoms with Crippen molar-refractivity contribution in [1.82, 2.24) is 0 Å². The van der Waals surface area contributed by atoms with E-state index in [0.717, 1.165) is 6.42 Å². The molecule has 1 N–H and O–H groups in total. The molecule has 2 aromatic carbocycles. The Kier molecular flexibility index (Phi) is 5.54. The van der Waals surface area contributed by atoms with Gasteiger partial charge in [0.2, 0.25) is 0 Å². The number of nitrogens with one attached hydrogen (secondary N) is 1. The molecule has 114 valence electrons. The topological polar surface area (TPSA) is 64.6 Å². The lowest BCUT2D eigenvalue weighted by Gasteiger charge is -2.08. The Morgan fingerprint density at radius 1 is 1.05 bits per heavy atom. The number of benzene rings is 2. The van der Waals surface area contributed by atoms with Crippen LogP contribution in [-0.4, -0.2) is 18.7 Å². The van der Waals surface area contributed by atoms with Crippen molar-refractivity contribution in [3.63, 3.8) is 0 Å². The Bertz CT molecular complexity index is 640. The van der Waals surface area contributed by atoms with Crippen LogP contribution < -0.4 is 10.1 Å². The molecular weight excluding hydrogens is 282 g/mol. The van der Waals surface area contributed by atoms with Crippen LogP contribution in [0.2, 0.25) is 0 Å². The Morgan fingerprint density at radius 3 is 2.55 bits per heavy atom. The smallest absolute Gasteiger partial charge is 0.417 e. The minimum absolute atomic E-state index is 0.368. The van der Waals surface area contributed by atoms with Crippen molar-refractivity contribution in [1.29, 1.82) is 0 Å². The molecule has 0 unspecified atom stereocenters. The molecule has 5 heteroatoms. The first-order valence-corrected chi connectivity index (χ1v) is 7.00. The second-order valence-corrected chi connectivity index (χ2v) is 4.54. The van der Waals surface area contributed by atoms with Gasteiger partial charge in [-0.1, -0.05) is 31.2 Å². The summed E-state index contributed by atoms with van der Waals surface area (Å²) in [5.74, 6) is 0.0282. The van der Waals surface area contributed by atoms with E-state index in [1.807, 2.05) is 13.0 Å². The van der Waals surface area contributed by atoms with Crippen molar-refractivity contribution in [3.8, 4) is 5.75 Å². The number of para-hydroxylation sites is 1. The Hall–Kier alpha value is -2.82. The predicted octanol–water partition coefficient (Wildman–Crippen LogP) is 3.86. The van der Waals surface area contributed by atoms with Gasteiger partial charge < -0.3 is 9.47 Å². The maximum Gasteiger partial charge on any atom is 0.417 e. The van der Waals surface area contributed by atoms with Gasteiger partial charge in [0, 0.05) is 5.69 Å². The van der Waals surface area contributed by atoms with Gasteiger partial charge in [-0.15, -0.1) is 0 Å². The molecule has 0 aliphatic carbocycles. The molecule has 22 heavy (non-hydrogen) atoms. The van der Waals surface area contributed by atoms with E-state index >= 15 is 0 Å². The van der Waals surface area contributed by atoms with E-state index in [9.17, 15) is 9.59 Å². The quantitative estimate of drug-likeness (QED) is 0.851. The molecule has 0 bridgehead atoms.